The highest BCUT2D eigenvalue weighted by Gasteiger charge is 2.20. The highest BCUT2D eigenvalue weighted by molar-refractivity contribution is 6.30. The molecule has 0 bridgehead atoms. The summed E-state index contributed by atoms with van der Waals surface area (Å²) in [5, 5.41) is 7.75. The molecule has 0 aliphatic carbocycles. The lowest BCUT2D eigenvalue weighted by atomic mass is 10.1. The number of anilines is 2. The highest BCUT2D eigenvalue weighted by atomic mass is 35.5. The Hall–Kier alpha value is -2.53. The summed E-state index contributed by atoms with van der Waals surface area (Å²) >= 11 is 6.04. The first-order valence-corrected chi connectivity index (χ1v) is 8.44. The molecule has 0 saturated carbocycles. The Morgan fingerprint density at radius 1 is 1.28 bits per heavy atom. The molecule has 0 fully saturated rings. The van der Waals surface area contributed by atoms with Crippen LogP contribution in [0.5, 0.6) is 0 Å². The molecule has 0 spiro atoms. The van der Waals surface area contributed by atoms with Crippen molar-refractivity contribution in [3.05, 3.63) is 52.8 Å². The van der Waals surface area contributed by atoms with Crippen molar-refractivity contribution in [2.24, 2.45) is 0 Å². The van der Waals surface area contributed by atoms with E-state index < -0.39 is 0 Å². The van der Waals surface area contributed by atoms with Crippen LogP contribution in [-0.2, 0) is 0 Å². The van der Waals surface area contributed by atoms with Gasteiger partial charge in [0.15, 0.2) is 5.82 Å². The Bertz CT molecular complexity index is 940. The quantitative estimate of drug-likeness (QED) is 0.631. The molecule has 6 heteroatoms. The van der Waals surface area contributed by atoms with E-state index in [0.717, 1.165) is 22.2 Å². The third-order valence-electron chi connectivity index (χ3n) is 3.73. The second-order valence-electron chi connectivity index (χ2n) is 7.08. The molecule has 25 heavy (non-hydrogen) atoms. The van der Waals surface area contributed by atoms with E-state index in [2.05, 4.69) is 20.6 Å². The molecule has 0 atom stereocenters. The summed E-state index contributed by atoms with van der Waals surface area (Å²) in [5.41, 5.74) is 2.86. The van der Waals surface area contributed by atoms with Crippen LogP contribution in [0.3, 0.4) is 0 Å². The van der Waals surface area contributed by atoms with Crippen LogP contribution < -0.4 is 10.6 Å². The summed E-state index contributed by atoms with van der Waals surface area (Å²) in [7, 11) is 0. The van der Waals surface area contributed by atoms with E-state index in [1.807, 2.05) is 58.2 Å². The van der Waals surface area contributed by atoms with Crippen molar-refractivity contribution >= 4 is 39.9 Å². The van der Waals surface area contributed by atoms with E-state index in [-0.39, 0.29) is 11.4 Å². The lowest BCUT2D eigenvalue weighted by Crippen LogP contribution is -2.40. The van der Waals surface area contributed by atoms with Gasteiger partial charge in [-0.05, 0) is 51.5 Å². The molecule has 3 aromatic rings. The van der Waals surface area contributed by atoms with Gasteiger partial charge in [0.1, 0.15) is 0 Å². The zero-order valence-corrected chi connectivity index (χ0v) is 15.5. The Morgan fingerprint density at radius 2 is 2.04 bits per heavy atom. The fraction of sp³-hybridized carbons (Fsp3) is 0.263. The van der Waals surface area contributed by atoms with Gasteiger partial charge in [-0.2, -0.15) is 0 Å². The first-order valence-electron chi connectivity index (χ1n) is 8.06. The third-order valence-corrected chi connectivity index (χ3v) is 3.96. The van der Waals surface area contributed by atoms with E-state index in [1.165, 1.54) is 0 Å². The number of nitrogens with one attached hydrogen (secondary N) is 3. The van der Waals surface area contributed by atoms with Crippen molar-refractivity contribution in [1.29, 1.82) is 0 Å². The van der Waals surface area contributed by atoms with Crippen molar-refractivity contribution in [2.45, 2.75) is 33.2 Å². The average Bonchev–Trinajstić information content (AvgIpc) is 2.89. The number of aromatic amines is 1. The second kappa shape index (κ2) is 6.41. The zero-order valence-electron chi connectivity index (χ0n) is 14.7. The number of amides is 1. The van der Waals surface area contributed by atoms with Gasteiger partial charge in [-0.3, -0.25) is 4.79 Å². The van der Waals surface area contributed by atoms with Gasteiger partial charge in [0.2, 0.25) is 0 Å². The number of pyridine rings is 1. The van der Waals surface area contributed by atoms with E-state index in [1.54, 1.807) is 6.20 Å². The first kappa shape index (κ1) is 17.3. The monoisotopic (exact) mass is 356 g/mol. The van der Waals surface area contributed by atoms with Gasteiger partial charge in [-0.25, -0.2) is 4.98 Å². The molecule has 0 saturated heterocycles. The Labute approximate surface area is 151 Å². The molecule has 0 aliphatic heterocycles. The number of rotatable bonds is 3. The van der Waals surface area contributed by atoms with Crippen molar-refractivity contribution < 1.29 is 4.79 Å². The van der Waals surface area contributed by atoms with E-state index in [0.29, 0.717) is 16.4 Å². The number of hydrogen-bond donors (Lipinski definition) is 3. The summed E-state index contributed by atoms with van der Waals surface area (Å²) in [4.78, 5) is 20.3. The maximum absolute atomic E-state index is 12.6. The lowest BCUT2D eigenvalue weighted by Gasteiger charge is -2.21. The second-order valence-corrected chi connectivity index (χ2v) is 7.52. The number of benzene rings is 1. The molecule has 2 heterocycles. The van der Waals surface area contributed by atoms with Gasteiger partial charge in [0.05, 0.1) is 11.1 Å². The summed E-state index contributed by atoms with van der Waals surface area (Å²) in [6.07, 6.45) is 3.49. The zero-order chi connectivity index (χ0) is 18.2. The molecular weight excluding hydrogens is 336 g/mol. The first-order chi connectivity index (χ1) is 11.7. The number of fused-ring (bicyclic) bond motifs is 1. The lowest BCUT2D eigenvalue weighted by molar-refractivity contribution is 0.0921. The Balaban J connectivity index is 2.04. The van der Waals surface area contributed by atoms with Crippen molar-refractivity contribution in [2.75, 3.05) is 5.32 Å². The molecule has 0 unspecified atom stereocenters. The molecular formula is C19H21ClN4O. The molecule has 130 valence electrons. The van der Waals surface area contributed by atoms with E-state index >= 15 is 0 Å². The van der Waals surface area contributed by atoms with E-state index in [4.69, 9.17) is 11.6 Å². The summed E-state index contributed by atoms with van der Waals surface area (Å²) in [6, 6.07) is 7.42. The summed E-state index contributed by atoms with van der Waals surface area (Å²) in [5.74, 6) is 0.514. The fourth-order valence-electron chi connectivity index (χ4n) is 2.69. The number of aromatic nitrogens is 2. The summed E-state index contributed by atoms with van der Waals surface area (Å²) < 4.78 is 0. The van der Waals surface area contributed by atoms with Gasteiger partial charge in [-0.15, -0.1) is 0 Å². The predicted molar refractivity (Wildman–Crippen MR) is 103 cm³/mol. The fourth-order valence-corrected chi connectivity index (χ4v) is 2.88. The molecule has 5 nitrogen and oxygen atoms in total. The van der Waals surface area contributed by atoms with Gasteiger partial charge in [0.25, 0.3) is 5.91 Å². The van der Waals surface area contributed by atoms with Crippen molar-refractivity contribution in [3.63, 3.8) is 0 Å². The topological polar surface area (TPSA) is 69.8 Å². The van der Waals surface area contributed by atoms with Gasteiger partial charge < -0.3 is 15.6 Å². The van der Waals surface area contributed by atoms with Crippen LogP contribution in [-0.4, -0.2) is 21.4 Å². The maximum atomic E-state index is 12.6. The standard InChI is InChI=1S/C19H21ClN4O/c1-11-9-21-16-15(11)14(18(25)24-19(2,3)4)10-22-17(16)23-13-7-5-6-12(20)8-13/h5-10,21H,1-4H3,(H,22,23)(H,24,25). The van der Waals surface area contributed by atoms with Crippen LogP contribution >= 0.6 is 11.6 Å². The van der Waals surface area contributed by atoms with Crippen LogP contribution in [0, 0.1) is 6.92 Å². The van der Waals surface area contributed by atoms with Crippen molar-refractivity contribution in [3.8, 4) is 0 Å². The largest absolute Gasteiger partial charge is 0.358 e. The maximum Gasteiger partial charge on any atom is 0.253 e. The average molecular weight is 357 g/mol. The molecule has 1 aromatic carbocycles. The molecule has 3 N–H and O–H groups in total. The third kappa shape index (κ3) is 3.77. The molecule has 0 radical (unpaired) electrons. The van der Waals surface area contributed by atoms with Crippen molar-refractivity contribution in [1.82, 2.24) is 15.3 Å². The minimum Gasteiger partial charge on any atom is -0.358 e. The van der Waals surface area contributed by atoms with Crippen LogP contribution in [0.15, 0.2) is 36.7 Å². The minimum atomic E-state index is -0.314. The smallest absolute Gasteiger partial charge is 0.253 e. The number of halogens is 1. The number of aryl methyl sites for hydroxylation is 1. The highest BCUT2D eigenvalue weighted by Crippen LogP contribution is 2.29. The van der Waals surface area contributed by atoms with Gasteiger partial charge in [0, 0.05) is 34.0 Å². The molecule has 2 aromatic heterocycles. The van der Waals surface area contributed by atoms with Crippen LogP contribution in [0.25, 0.3) is 10.9 Å². The molecule has 3 rings (SSSR count). The minimum absolute atomic E-state index is 0.137. The Morgan fingerprint density at radius 3 is 2.72 bits per heavy atom. The van der Waals surface area contributed by atoms with Gasteiger partial charge in [-0.1, -0.05) is 17.7 Å². The van der Waals surface area contributed by atoms with Gasteiger partial charge >= 0.3 is 0 Å². The number of carbonyl (C=O) groups is 1. The SMILES string of the molecule is Cc1c[nH]c2c(Nc3cccc(Cl)c3)ncc(C(=O)NC(C)(C)C)c12. The number of hydrogen-bond acceptors (Lipinski definition) is 3. The number of carbonyl (C=O) groups excluding carboxylic acids is 1. The molecule has 1 amide bonds. The molecule has 0 aliphatic rings. The van der Waals surface area contributed by atoms with Crippen LogP contribution in [0.4, 0.5) is 11.5 Å². The number of nitrogens with zero attached hydrogens (tertiary/aromatic N) is 1. The van der Waals surface area contributed by atoms with Crippen LogP contribution in [0.1, 0.15) is 36.7 Å². The number of H-pyrrole nitrogens is 1. The van der Waals surface area contributed by atoms with E-state index in [9.17, 15) is 4.79 Å². The Kier molecular flexibility index (Phi) is 4.43. The summed E-state index contributed by atoms with van der Waals surface area (Å²) in [6.45, 7) is 7.83. The van der Waals surface area contributed by atoms with Crippen LogP contribution in [0.2, 0.25) is 5.02 Å². The normalized spacial score (nSPS) is 11.6. The predicted octanol–water partition coefficient (Wildman–Crippen LogP) is 4.80.